The third kappa shape index (κ3) is 2.18. The molecule has 1 aromatic carbocycles. The summed E-state index contributed by atoms with van der Waals surface area (Å²) in [6.07, 6.45) is 4.68. The molecule has 0 saturated heterocycles. The van der Waals surface area contributed by atoms with Gasteiger partial charge in [-0.3, -0.25) is 4.79 Å². The van der Waals surface area contributed by atoms with Crippen LogP contribution >= 0.6 is 0 Å². The van der Waals surface area contributed by atoms with Gasteiger partial charge in [0.15, 0.2) is 0 Å². The molecule has 1 amide bonds. The molecule has 1 fully saturated rings. The minimum Gasteiger partial charge on any atom is -0.508 e. The lowest BCUT2D eigenvalue weighted by Gasteiger charge is -2.21. The molecule has 1 saturated carbocycles. The molecule has 2 aromatic rings. The molecule has 23 heavy (non-hydrogen) atoms. The van der Waals surface area contributed by atoms with Gasteiger partial charge in [0.2, 0.25) is 0 Å². The summed E-state index contributed by atoms with van der Waals surface area (Å²) in [5, 5.41) is 15.4. The molecule has 0 aliphatic heterocycles. The van der Waals surface area contributed by atoms with E-state index in [-0.39, 0.29) is 17.4 Å². The normalized spacial score (nSPS) is 21.0. The van der Waals surface area contributed by atoms with Gasteiger partial charge in [-0.1, -0.05) is 6.07 Å². The minimum absolute atomic E-state index is 0.179. The predicted octanol–water partition coefficient (Wildman–Crippen LogP) is 3.80. The Balaban J connectivity index is 1.80. The molecular weight excluding hydrogens is 294 g/mol. The largest absolute Gasteiger partial charge is 0.508 e. The Morgan fingerprint density at radius 2 is 2.04 bits per heavy atom. The van der Waals surface area contributed by atoms with Gasteiger partial charge in [-0.05, 0) is 54.4 Å². The Labute approximate surface area is 132 Å². The Morgan fingerprint density at radius 3 is 2.78 bits per heavy atom. The number of nitrogens with zero attached hydrogens (tertiary/aromatic N) is 2. The molecule has 1 heterocycles. The maximum Gasteiger partial charge on any atom is 0.335 e. The number of benzene rings is 1. The van der Waals surface area contributed by atoms with Crippen molar-refractivity contribution in [2.75, 3.05) is 5.32 Å². The van der Waals surface area contributed by atoms with E-state index in [4.69, 9.17) is 0 Å². The van der Waals surface area contributed by atoms with Crippen molar-refractivity contribution < 1.29 is 9.90 Å². The summed E-state index contributed by atoms with van der Waals surface area (Å²) in [7, 11) is 0. The van der Waals surface area contributed by atoms with Crippen molar-refractivity contribution in [3.63, 3.8) is 0 Å². The van der Waals surface area contributed by atoms with Crippen LogP contribution in [-0.2, 0) is 0 Å². The fraction of sp³-hybridized carbons (Fsp3) is 0.294. The number of phenolic OH excluding ortho intramolecular Hbond substituents is 1. The summed E-state index contributed by atoms with van der Waals surface area (Å²) < 4.78 is 0. The summed E-state index contributed by atoms with van der Waals surface area (Å²) in [5.41, 5.74) is 3.75. The lowest BCUT2D eigenvalue weighted by atomic mass is 9.89. The van der Waals surface area contributed by atoms with Gasteiger partial charge in [-0.15, -0.1) is 4.91 Å². The number of carbonyl (C=O) groups is 1. The zero-order valence-electron chi connectivity index (χ0n) is 12.3. The van der Waals surface area contributed by atoms with E-state index in [0.29, 0.717) is 5.92 Å². The molecule has 2 N–H and O–H groups in total. The number of hydrogen-bond donors (Lipinski definition) is 2. The van der Waals surface area contributed by atoms with Crippen LogP contribution < -0.4 is 5.32 Å². The Bertz CT molecular complexity index is 819. The molecule has 0 radical (unpaired) electrons. The average molecular weight is 309 g/mol. The van der Waals surface area contributed by atoms with Crippen LogP contribution in [-0.4, -0.2) is 16.0 Å². The van der Waals surface area contributed by atoms with Crippen molar-refractivity contribution in [3.8, 4) is 5.75 Å². The summed E-state index contributed by atoms with van der Waals surface area (Å²) in [5.74, 6) is 0.0564. The fourth-order valence-corrected chi connectivity index (χ4v) is 3.95. The van der Waals surface area contributed by atoms with Crippen molar-refractivity contribution in [2.45, 2.75) is 31.1 Å². The molecule has 4 rings (SSSR count). The number of anilines is 2. The number of carbonyl (C=O) groups excluding carboxylic acids is 1. The number of amides is 1. The molecule has 1 aromatic heterocycles. The number of nitroso groups, excluding NO2 is 1. The van der Waals surface area contributed by atoms with E-state index in [2.05, 4.69) is 15.5 Å². The molecule has 116 valence electrons. The summed E-state index contributed by atoms with van der Waals surface area (Å²) in [6, 6.07) is 6.84. The van der Waals surface area contributed by atoms with Crippen molar-refractivity contribution in [3.05, 3.63) is 52.2 Å². The number of aromatic nitrogens is 1. The summed E-state index contributed by atoms with van der Waals surface area (Å²) in [4.78, 5) is 26.6. The Morgan fingerprint density at radius 1 is 1.26 bits per heavy atom. The van der Waals surface area contributed by atoms with E-state index in [1.54, 1.807) is 24.4 Å². The minimum atomic E-state index is -0.794. The second-order valence-electron chi connectivity index (χ2n) is 6.13. The van der Waals surface area contributed by atoms with Crippen LogP contribution in [0.5, 0.6) is 5.75 Å². The Hall–Kier alpha value is -2.76. The molecule has 2 bridgehead atoms. The van der Waals surface area contributed by atoms with Gasteiger partial charge in [0.25, 0.3) is 0 Å². The van der Waals surface area contributed by atoms with Crippen LogP contribution in [0.15, 0.2) is 35.6 Å². The summed E-state index contributed by atoms with van der Waals surface area (Å²) >= 11 is 0. The molecule has 0 spiro atoms. The molecule has 2 atom stereocenters. The first kappa shape index (κ1) is 13.9. The number of nitrogens with one attached hydrogen (secondary N) is 1. The second kappa shape index (κ2) is 5.15. The quantitative estimate of drug-likeness (QED) is 0.841. The number of pyridine rings is 1. The molecule has 2 aliphatic rings. The lowest BCUT2D eigenvalue weighted by Crippen LogP contribution is -2.11. The van der Waals surface area contributed by atoms with Crippen molar-refractivity contribution in [1.82, 2.24) is 4.98 Å². The highest BCUT2D eigenvalue weighted by atomic mass is 16.3. The molecule has 6 nitrogen and oxygen atoms in total. The maximum absolute atomic E-state index is 11.8. The average Bonchev–Trinajstić information content (AvgIpc) is 3.17. The second-order valence-corrected chi connectivity index (χ2v) is 6.13. The third-order valence-electron chi connectivity index (χ3n) is 4.82. The number of fused-ring (bicyclic) bond motifs is 5. The number of hydrogen-bond acceptors (Lipinski definition) is 5. The van der Waals surface area contributed by atoms with Gasteiger partial charge in [0.05, 0.1) is 11.9 Å². The van der Waals surface area contributed by atoms with E-state index >= 15 is 0 Å². The van der Waals surface area contributed by atoms with Crippen LogP contribution in [0.1, 0.15) is 52.7 Å². The predicted molar refractivity (Wildman–Crippen MR) is 85.1 cm³/mol. The van der Waals surface area contributed by atoms with Crippen LogP contribution in [0.4, 0.5) is 11.4 Å². The molecule has 2 aliphatic carbocycles. The van der Waals surface area contributed by atoms with Crippen LogP contribution in [0.3, 0.4) is 0 Å². The first-order chi connectivity index (χ1) is 11.2. The number of phenols is 1. The van der Waals surface area contributed by atoms with E-state index in [9.17, 15) is 14.8 Å². The fourth-order valence-electron chi connectivity index (χ4n) is 3.95. The van der Waals surface area contributed by atoms with Crippen LogP contribution in [0, 0.1) is 4.91 Å². The van der Waals surface area contributed by atoms with E-state index < -0.39 is 5.91 Å². The highest BCUT2D eigenvalue weighted by molar-refractivity contribution is 5.96. The van der Waals surface area contributed by atoms with Crippen molar-refractivity contribution in [1.29, 1.82) is 0 Å². The van der Waals surface area contributed by atoms with Crippen molar-refractivity contribution in [2.24, 2.45) is 5.18 Å². The first-order valence-corrected chi connectivity index (χ1v) is 7.64. The monoisotopic (exact) mass is 309 g/mol. The zero-order valence-corrected chi connectivity index (χ0v) is 12.3. The lowest BCUT2D eigenvalue weighted by molar-refractivity contribution is 0.0994. The topological polar surface area (TPSA) is 91.7 Å². The van der Waals surface area contributed by atoms with Gasteiger partial charge >= 0.3 is 5.91 Å². The zero-order chi connectivity index (χ0) is 16.0. The van der Waals surface area contributed by atoms with Crippen molar-refractivity contribution >= 4 is 17.3 Å². The highest BCUT2D eigenvalue weighted by Gasteiger charge is 2.42. The number of aromatic hydroxyl groups is 1. The van der Waals surface area contributed by atoms with E-state index in [1.807, 2.05) is 6.07 Å². The van der Waals surface area contributed by atoms with E-state index in [1.165, 1.54) is 0 Å². The highest BCUT2D eigenvalue weighted by Crippen LogP contribution is 2.56. The molecule has 6 heteroatoms. The standard InChI is InChI=1S/C17H15N3O3/c21-12-3-1-2-11(7-12)19-13-8-18-16(17(22)20-23)15-10-5-4-9(6-10)14(13)15/h1-3,7-10,19,21H,4-6H2. The molecular formula is C17H15N3O3. The smallest absolute Gasteiger partial charge is 0.335 e. The Kier molecular flexibility index (Phi) is 3.11. The van der Waals surface area contributed by atoms with Crippen LogP contribution in [0.25, 0.3) is 0 Å². The first-order valence-electron chi connectivity index (χ1n) is 7.64. The van der Waals surface area contributed by atoms with Gasteiger partial charge in [-0.25, -0.2) is 4.98 Å². The number of rotatable bonds is 3. The van der Waals surface area contributed by atoms with Gasteiger partial charge < -0.3 is 10.4 Å². The van der Waals surface area contributed by atoms with E-state index in [0.717, 1.165) is 41.8 Å². The van der Waals surface area contributed by atoms with Gasteiger partial charge in [0.1, 0.15) is 11.4 Å². The summed E-state index contributed by atoms with van der Waals surface area (Å²) in [6.45, 7) is 0. The van der Waals surface area contributed by atoms with Gasteiger partial charge in [0, 0.05) is 16.9 Å². The van der Waals surface area contributed by atoms with Gasteiger partial charge in [-0.2, -0.15) is 0 Å². The third-order valence-corrected chi connectivity index (χ3v) is 4.82. The van der Waals surface area contributed by atoms with Crippen LogP contribution in [0.2, 0.25) is 0 Å². The maximum atomic E-state index is 11.8. The molecule has 2 unspecified atom stereocenters. The SMILES string of the molecule is O=NC(=O)c1ncc(Nc2cccc(O)c2)c2c1C1CCC2C1.